The van der Waals surface area contributed by atoms with Gasteiger partial charge in [-0.2, -0.15) is 13.2 Å². The highest BCUT2D eigenvalue weighted by Crippen LogP contribution is 2.37. The summed E-state index contributed by atoms with van der Waals surface area (Å²) in [5, 5.41) is 5.61. The highest BCUT2D eigenvalue weighted by Gasteiger charge is 2.33. The van der Waals surface area contributed by atoms with Gasteiger partial charge in [-0.25, -0.2) is 9.97 Å². The second kappa shape index (κ2) is 8.68. The van der Waals surface area contributed by atoms with E-state index in [0.29, 0.717) is 12.4 Å². The number of hydrogen-bond donors (Lipinski definition) is 3. The van der Waals surface area contributed by atoms with E-state index in [-0.39, 0.29) is 22.2 Å². The molecule has 0 amide bonds. The van der Waals surface area contributed by atoms with E-state index in [1.165, 1.54) is 36.9 Å². The zero-order valence-electron chi connectivity index (χ0n) is 15.1. The first-order valence-electron chi connectivity index (χ1n) is 9.00. The van der Waals surface area contributed by atoms with Crippen LogP contribution in [0.15, 0.2) is 36.2 Å². The molecule has 1 aromatic carbocycles. The molecule has 1 heterocycles. The maximum absolute atomic E-state index is 13.0. The molecule has 0 unspecified atom stereocenters. The van der Waals surface area contributed by atoms with Gasteiger partial charge >= 0.3 is 6.18 Å². The van der Waals surface area contributed by atoms with Gasteiger partial charge in [0.25, 0.3) is 0 Å². The van der Waals surface area contributed by atoms with E-state index < -0.39 is 11.7 Å². The van der Waals surface area contributed by atoms with Crippen LogP contribution >= 0.6 is 11.6 Å². The number of nitrogen functional groups attached to an aromatic ring is 1. The standard InChI is InChI=1S/C19H21ClF3N5/c20-15-7-6-13(10-14(15)19(21,22)23)28-18-16(24)17(26-11-27-18)25-9-8-12-4-2-1-3-5-12/h4,6-7,10-11H,1-3,5,8-9,24H2,(H2,25,26,27,28). The molecule has 0 saturated heterocycles. The van der Waals surface area contributed by atoms with E-state index in [4.69, 9.17) is 17.3 Å². The van der Waals surface area contributed by atoms with Gasteiger partial charge in [-0.1, -0.05) is 23.3 Å². The third-order valence-electron chi connectivity index (χ3n) is 4.54. The van der Waals surface area contributed by atoms with E-state index in [2.05, 4.69) is 26.7 Å². The van der Waals surface area contributed by atoms with E-state index >= 15 is 0 Å². The Balaban J connectivity index is 1.70. The van der Waals surface area contributed by atoms with Crippen molar-refractivity contribution in [2.24, 2.45) is 0 Å². The summed E-state index contributed by atoms with van der Waals surface area (Å²) in [5.74, 6) is 0.670. The number of halogens is 4. The largest absolute Gasteiger partial charge is 0.417 e. The molecule has 0 aliphatic heterocycles. The van der Waals surface area contributed by atoms with Gasteiger partial charge in [0.2, 0.25) is 0 Å². The first-order chi connectivity index (χ1) is 13.3. The molecule has 0 fully saturated rings. The number of allylic oxidation sites excluding steroid dienone is 1. The third-order valence-corrected chi connectivity index (χ3v) is 4.87. The Morgan fingerprint density at radius 3 is 2.64 bits per heavy atom. The molecule has 2 aromatic rings. The highest BCUT2D eigenvalue weighted by atomic mass is 35.5. The van der Waals surface area contributed by atoms with Crippen molar-refractivity contribution >= 4 is 34.6 Å². The molecule has 0 atom stereocenters. The summed E-state index contributed by atoms with van der Waals surface area (Å²) in [6.07, 6.45) is 4.64. The van der Waals surface area contributed by atoms with Gasteiger partial charge in [-0.05, 0) is 50.3 Å². The Morgan fingerprint density at radius 2 is 1.93 bits per heavy atom. The van der Waals surface area contributed by atoms with Gasteiger partial charge in [0.15, 0.2) is 11.6 Å². The number of hydrogen-bond acceptors (Lipinski definition) is 5. The average molecular weight is 412 g/mol. The van der Waals surface area contributed by atoms with Crippen molar-refractivity contribution in [1.82, 2.24) is 9.97 Å². The molecule has 0 saturated carbocycles. The SMILES string of the molecule is Nc1c(NCCC2=CCCCC2)ncnc1Nc1ccc(Cl)c(C(F)(F)F)c1. The summed E-state index contributed by atoms with van der Waals surface area (Å²) >= 11 is 5.65. The molecule has 1 aromatic heterocycles. The Hall–Kier alpha value is -2.48. The molecular weight excluding hydrogens is 391 g/mol. The van der Waals surface area contributed by atoms with Gasteiger partial charge in [0, 0.05) is 12.2 Å². The van der Waals surface area contributed by atoms with Crippen LogP contribution in [0.25, 0.3) is 0 Å². The van der Waals surface area contributed by atoms with Crippen LogP contribution < -0.4 is 16.4 Å². The predicted molar refractivity (Wildman–Crippen MR) is 106 cm³/mol. The monoisotopic (exact) mass is 411 g/mol. The molecule has 5 nitrogen and oxygen atoms in total. The van der Waals surface area contributed by atoms with Crippen LogP contribution in [-0.4, -0.2) is 16.5 Å². The minimum Gasteiger partial charge on any atom is -0.393 e. The van der Waals surface area contributed by atoms with Gasteiger partial charge in [0.05, 0.1) is 10.6 Å². The highest BCUT2D eigenvalue weighted by molar-refractivity contribution is 6.31. The van der Waals surface area contributed by atoms with E-state index in [1.807, 2.05) is 0 Å². The molecular formula is C19H21ClF3N5. The Morgan fingerprint density at radius 1 is 1.14 bits per heavy atom. The van der Waals surface area contributed by atoms with Crippen LogP contribution in [0.2, 0.25) is 5.02 Å². The van der Waals surface area contributed by atoms with E-state index in [9.17, 15) is 13.2 Å². The number of anilines is 4. The zero-order chi connectivity index (χ0) is 20.1. The third kappa shape index (κ3) is 5.07. The Bertz CT molecular complexity index is 867. The molecule has 0 bridgehead atoms. The van der Waals surface area contributed by atoms with Gasteiger partial charge in [-0.3, -0.25) is 0 Å². The molecule has 0 radical (unpaired) electrons. The van der Waals surface area contributed by atoms with Crippen LogP contribution in [0.1, 0.15) is 37.7 Å². The molecule has 4 N–H and O–H groups in total. The molecule has 0 spiro atoms. The lowest BCUT2D eigenvalue weighted by Gasteiger charge is -2.16. The van der Waals surface area contributed by atoms with Crippen LogP contribution in [0.5, 0.6) is 0 Å². The van der Waals surface area contributed by atoms with Crippen molar-refractivity contribution in [3.63, 3.8) is 0 Å². The summed E-state index contributed by atoms with van der Waals surface area (Å²) in [6.45, 7) is 0.672. The second-order valence-corrected chi connectivity index (χ2v) is 6.99. The smallest absolute Gasteiger partial charge is 0.393 e. The summed E-state index contributed by atoms with van der Waals surface area (Å²) < 4.78 is 39.1. The number of benzene rings is 1. The Labute approximate surface area is 166 Å². The van der Waals surface area contributed by atoms with Crippen molar-refractivity contribution in [2.75, 3.05) is 22.9 Å². The number of aromatic nitrogens is 2. The van der Waals surface area contributed by atoms with Crippen molar-refractivity contribution in [2.45, 2.75) is 38.3 Å². The quantitative estimate of drug-likeness (QED) is 0.525. The van der Waals surface area contributed by atoms with Crippen molar-refractivity contribution in [3.8, 4) is 0 Å². The summed E-state index contributed by atoms with van der Waals surface area (Å²) in [5.41, 5.74) is 7.01. The molecule has 3 rings (SSSR count). The lowest BCUT2D eigenvalue weighted by atomic mass is 9.97. The van der Waals surface area contributed by atoms with Gasteiger partial charge in [0.1, 0.15) is 12.0 Å². The number of nitrogens with zero attached hydrogens (tertiary/aromatic N) is 2. The van der Waals surface area contributed by atoms with Crippen LogP contribution in [0, 0.1) is 0 Å². The molecule has 1 aliphatic rings. The fourth-order valence-electron chi connectivity index (χ4n) is 3.07. The number of nitrogens with one attached hydrogen (secondary N) is 2. The minimum absolute atomic E-state index is 0.181. The zero-order valence-corrected chi connectivity index (χ0v) is 15.9. The van der Waals surface area contributed by atoms with Gasteiger partial charge in [-0.15, -0.1) is 0 Å². The van der Waals surface area contributed by atoms with E-state index in [0.717, 1.165) is 25.3 Å². The first kappa shape index (κ1) is 20.3. The van der Waals surface area contributed by atoms with Crippen molar-refractivity contribution in [3.05, 3.63) is 46.8 Å². The summed E-state index contributed by atoms with van der Waals surface area (Å²) in [7, 11) is 0. The predicted octanol–water partition coefficient (Wildman–Crippen LogP) is 5.78. The van der Waals surface area contributed by atoms with Crippen molar-refractivity contribution in [1.29, 1.82) is 0 Å². The summed E-state index contributed by atoms with van der Waals surface area (Å²) in [6, 6.07) is 3.54. The molecule has 1 aliphatic carbocycles. The lowest BCUT2D eigenvalue weighted by molar-refractivity contribution is -0.137. The first-order valence-corrected chi connectivity index (χ1v) is 9.38. The molecule has 28 heavy (non-hydrogen) atoms. The topological polar surface area (TPSA) is 75.9 Å². The Kier molecular flexibility index (Phi) is 6.28. The maximum atomic E-state index is 13.0. The van der Waals surface area contributed by atoms with E-state index in [1.54, 1.807) is 0 Å². The summed E-state index contributed by atoms with van der Waals surface area (Å²) in [4.78, 5) is 8.16. The van der Waals surface area contributed by atoms with Crippen LogP contribution in [0.4, 0.5) is 36.2 Å². The second-order valence-electron chi connectivity index (χ2n) is 6.59. The molecule has 9 heteroatoms. The van der Waals surface area contributed by atoms with Gasteiger partial charge < -0.3 is 16.4 Å². The van der Waals surface area contributed by atoms with Crippen LogP contribution in [-0.2, 0) is 6.18 Å². The maximum Gasteiger partial charge on any atom is 0.417 e. The molecule has 150 valence electrons. The average Bonchev–Trinajstić information content (AvgIpc) is 2.66. The van der Waals surface area contributed by atoms with Crippen molar-refractivity contribution < 1.29 is 13.2 Å². The van der Waals surface area contributed by atoms with Crippen LogP contribution in [0.3, 0.4) is 0 Å². The lowest BCUT2D eigenvalue weighted by Crippen LogP contribution is -2.10. The number of nitrogens with two attached hydrogens (primary N) is 1. The fraction of sp³-hybridized carbons (Fsp3) is 0.368. The normalized spacial score (nSPS) is 14.5. The minimum atomic E-state index is -4.55. The number of alkyl halides is 3. The fourth-order valence-corrected chi connectivity index (χ4v) is 3.29. The number of rotatable bonds is 6.